The zero-order chi connectivity index (χ0) is 30.6. The van der Waals surface area contributed by atoms with Gasteiger partial charge in [0.1, 0.15) is 11.0 Å². The number of fused-ring (bicyclic) bond motifs is 4. The van der Waals surface area contributed by atoms with Crippen molar-refractivity contribution in [2.75, 3.05) is 13.1 Å². The number of nitrogens with two attached hydrogens (primary N) is 1. The van der Waals surface area contributed by atoms with E-state index in [1.54, 1.807) is 24.3 Å². The SMILES string of the molecule is NC(CCCNC(=O)c1c(Cl)ccc2nc3ccccc3nc12)CCCNC(=O)c1c(Cl)ccc2nc3ccccc3nc12. The number of amides is 2. The van der Waals surface area contributed by atoms with Crippen LogP contribution in [0.15, 0.2) is 72.8 Å². The number of aromatic nitrogens is 4. The molecule has 2 aromatic heterocycles. The molecular formula is C33H29Cl2N7O2. The monoisotopic (exact) mass is 625 g/mol. The van der Waals surface area contributed by atoms with Crippen molar-refractivity contribution in [3.8, 4) is 0 Å². The van der Waals surface area contributed by atoms with E-state index in [2.05, 4.69) is 30.6 Å². The van der Waals surface area contributed by atoms with Crippen molar-refractivity contribution in [1.29, 1.82) is 0 Å². The number of para-hydroxylation sites is 4. The number of benzene rings is 4. The van der Waals surface area contributed by atoms with Crippen molar-refractivity contribution in [3.05, 3.63) is 94.0 Å². The van der Waals surface area contributed by atoms with Crippen molar-refractivity contribution >= 4 is 79.1 Å². The van der Waals surface area contributed by atoms with Crippen molar-refractivity contribution in [1.82, 2.24) is 30.6 Å². The molecule has 0 aliphatic carbocycles. The quantitative estimate of drug-likeness (QED) is 0.121. The first-order chi connectivity index (χ1) is 21.4. The third kappa shape index (κ3) is 6.26. The van der Waals surface area contributed by atoms with Gasteiger partial charge in [-0.1, -0.05) is 47.5 Å². The molecule has 0 atom stereocenters. The molecule has 6 rings (SSSR count). The summed E-state index contributed by atoms with van der Waals surface area (Å²) in [5.41, 5.74) is 12.0. The smallest absolute Gasteiger partial charge is 0.255 e. The first kappa shape index (κ1) is 29.6. The Labute approximate surface area is 263 Å². The normalized spacial score (nSPS) is 11.5. The molecule has 2 amide bonds. The molecule has 11 heteroatoms. The van der Waals surface area contributed by atoms with E-state index in [4.69, 9.17) is 28.9 Å². The van der Waals surface area contributed by atoms with Gasteiger partial charge >= 0.3 is 0 Å². The number of rotatable bonds is 10. The average Bonchev–Trinajstić information content (AvgIpc) is 3.03. The van der Waals surface area contributed by atoms with Crippen LogP contribution in [0.4, 0.5) is 0 Å². The first-order valence-corrected chi connectivity index (χ1v) is 15.2. The van der Waals surface area contributed by atoms with Crippen molar-refractivity contribution < 1.29 is 9.59 Å². The van der Waals surface area contributed by atoms with Crippen molar-refractivity contribution in [2.24, 2.45) is 5.73 Å². The Bertz CT molecular complexity index is 1890. The largest absolute Gasteiger partial charge is 0.352 e. The molecule has 0 saturated carbocycles. The Kier molecular flexibility index (Phi) is 8.79. The lowest BCUT2D eigenvalue weighted by Crippen LogP contribution is -2.29. The fourth-order valence-corrected chi connectivity index (χ4v) is 5.69. The van der Waals surface area contributed by atoms with E-state index >= 15 is 0 Å². The summed E-state index contributed by atoms with van der Waals surface area (Å²) in [7, 11) is 0. The molecule has 44 heavy (non-hydrogen) atoms. The summed E-state index contributed by atoms with van der Waals surface area (Å²) in [5.74, 6) is -0.600. The van der Waals surface area contributed by atoms with Crippen LogP contribution in [0.2, 0.25) is 10.0 Å². The number of hydrogen-bond acceptors (Lipinski definition) is 7. The van der Waals surface area contributed by atoms with Gasteiger partial charge in [-0.3, -0.25) is 9.59 Å². The van der Waals surface area contributed by atoms with E-state index in [0.29, 0.717) is 93.0 Å². The van der Waals surface area contributed by atoms with Crippen LogP contribution in [0.25, 0.3) is 44.1 Å². The van der Waals surface area contributed by atoms with Crippen molar-refractivity contribution in [3.63, 3.8) is 0 Å². The molecule has 0 fully saturated rings. The number of halogens is 2. The Morgan fingerprint density at radius 3 is 1.39 bits per heavy atom. The van der Waals surface area contributed by atoms with Crippen LogP contribution in [0.5, 0.6) is 0 Å². The highest BCUT2D eigenvalue weighted by Crippen LogP contribution is 2.27. The summed E-state index contributed by atoms with van der Waals surface area (Å²) in [6.45, 7) is 0.874. The summed E-state index contributed by atoms with van der Waals surface area (Å²) < 4.78 is 0. The van der Waals surface area contributed by atoms with Gasteiger partial charge in [0.05, 0.1) is 54.3 Å². The summed E-state index contributed by atoms with van der Waals surface area (Å²) in [6.07, 6.45) is 2.79. The van der Waals surface area contributed by atoms with Gasteiger partial charge in [0.2, 0.25) is 0 Å². The minimum atomic E-state index is -0.300. The highest BCUT2D eigenvalue weighted by atomic mass is 35.5. The van der Waals surface area contributed by atoms with Gasteiger partial charge in [0.25, 0.3) is 11.8 Å². The molecule has 4 N–H and O–H groups in total. The van der Waals surface area contributed by atoms with E-state index in [-0.39, 0.29) is 17.9 Å². The predicted octanol–water partition coefficient (Wildman–Crippen LogP) is 6.23. The molecule has 0 bridgehead atoms. The fourth-order valence-electron chi connectivity index (χ4n) is 5.21. The molecular weight excluding hydrogens is 597 g/mol. The summed E-state index contributed by atoms with van der Waals surface area (Å²) in [4.78, 5) is 44.7. The number of carbonyl (C=O) groups excluding carboxylic acids is 2. The molecule has 222 valence electrons. The molecule has 0 spiro atoms. The molecule has 0 aliphatic rings. The van der Waals surface area contributed by atoms with Crippen molar-refractivity contribution in [2.45, 2.75) is 31.7 Å². The summed E-state index contributed by atoms with van der Waals surface area (Å²) >= 11 is 12.8. The van der Waals surface area contributed by atoms with Crippen LogP contribution < -0.4 is 16.4 Å². The maximum Gasteiger partial charge on any atom is 0.255 e. The second-order valence-corrected chi connectivity index (χ2v) is 11.4. The van der Waals surface area contributed by atoms with Gasteiger partial charge in [-0.25, -0.2) is 19.9 Å². The van der Waals surface area contributed by atoms with Gasteiger partial charge in [0.15, 0.2) is 0 Å². The van der Waals surface area contributed by atoms with Gasteiger partial charge < -0.3 is 16.4 Å². The number of hydrogen-bond donors (Lipinski definition) is 3. The molecule has 0 unspecified atom stereocenters. The average molecular weight is 627 g/mol. The molecule has 6 aromatic rings. The highest BCUT2D eigenvalue weighted by Gasteiger charge is 2.19. The molecule has 9 nitrogen and oxygen atoms in total. The minimum absolute atomic E-state index is 0.0828. The second-order valence-electron chi connectivity index (χ2n) is 10.6. The van der Waals surface area contributed by atoms with Gasteiger partial charge in [-0.2, -0.15) is 0 Å². The van der Waals surface area contributed by atoms with E-state index in [9.17, 15) is 9.59 Å². The number of nitrogens with zero attached hydrogens (tertiary/aromatic N) is 4. The maximum atomic E-state index is 13.1. The molecule has 2 heterocycles. The Morgan fingerprint density at radius 1 is 0.591 bits per heavy atom. The molecule has 4 aromatic carbocycles. The van der Waals surface area contributed by atoms with E-state index < -0.39 is 0 Å². The number of nitrogens with one attached hydrogen (secondary N) is 2. The molecule has 0 saturated heterocycles. The third-order valence-electron chi connectivity index (χ3n) is 7.45. The highest BCUT2D eigenvalue weighted by molar-refractivity contribution is 6.36. The van der Waals surface area contributed by atoms with Gasteiger partial charge in [0, 0.05) is 19.1 Å². The zero-order valence-corrected chi connectivity index (χ0v) is 25.2. The maximum absolute atomic E-state index is 13.1. The standard InChI is InChI=1S/C33H29Cl2N7O2/c34-20-13-15-26-30(41-24-11-3-1-9-22(24)39-26)28(20)32(43)37-17-5-7-19(36)8-6-18-38-33(44)29-21(35)14-16-27-31(29)42-25-12-4-2-10-23(25)40-27/h1-4,9-16,19H,5-8,17-18,36H2,(H,37,43)(H,38,44). The Hall–Kier alpha value is -4.44. The lowest BCUT2D eigenvalue weighted by atomic mass is 10.1. The minimum Gasteiger partial charge on any atom is -0.352 e. The van der Waals surface area contributed by atoms with Crippen LogP contribution in [0.1, 0.15) is 46.4 Å². The lowest BCUT2D eigenvalue weighted by molar-refractivity contribution is 0.0947. The first-order valence-electron chi connectivity index (χ1n) is 14.4. The van der Waals surface area contributed by atoms with Crippen LogP contribution in [-0.2, 0) is 0 Å². The molecule has 0 aliphatic heterocycles. The van der Waals surface area contributed by atoms with Crippen LogP contribution in [0.3, 0.4) is 0 Å². The van der Waals surface area contributed by atoms with Crippen LogP contribution >= 0.6 is 23.2 Å². The van der Waals surface area contributed by atoms with E-state index in [1.165, 1.54) is 0 Å². The summed E-state index contributed by atoms with van der Waals surface area (Å²) in [5, 5.41) is 6.52. The zero-order valence-electron chi connectivity index (χ0n) is 23.7. The van der Waals surface area contributed by atoms with E-state index in [0.717, 1.165) is 11.0 Å². The van der Waals surface area contributed by atoms with Crippen LogP contribution in [0, 0.1) is 0 Å². The van der Waals surface area contributed by atoms with E-state index in [1.807, 2.05) is 48.5 Å². The lowest BCUT2D eigenvalue weighted by Gasteiger charge is -2.14. The predicted molar refractivity (Wildman–Crippen MR) is 175 cm³/mol. The second kappa shape index (κ2) is 13.1. The molecule has 0 radical (unpaired) electrons. The van der Waals surface area contributed by atoms with Gasteiger partial charge in [-0.15, -0.1) is 0 Å². The van der Waals surface area contributed by atoms with Gasteiger partial charge in [-0.05, 0) is 74.2 Å². The third-order valence-corrected chi connectivity index (χ3v) is 8.08. The topological polar surface area (TPSA) is 136 Å². The fraction of sp³-hybridized carbons (Fsp3) is 0.212. The Balaban J connectivity index is 0.984. The Morgan fingerprint density at radius 2 is 0.977 bits per heavy atom. The number of carbonyl (C=O) groups is 2. The van der Waals surface area contributed by atoms with Crippen LogP contribution in [-0.4, -0.2) is 50.9 Å². The summed E-state index contributed by atoms with van der Waals surface area (Å²) in [6, 6.07) is 21.8.